The smallest absolute Gasteiger partial charge is 0.326 e. The fraction of sp³-hybridized carbons (Fsp3) is 0.370. The maximum absolute atomic E-state index is 13.3. The third kappa shape index (κ3) is 12.2. The number of ether oxygens (including phenoxy) is 2. The van der Waals surface area contributed by atoms with Crippen LogP contribution in [-0.4, -0.2) is 63.1 Å². The van der Waals surface area contributed by atoms with Gasteiger partial charge in [-0.15, -0.1) is 0 Å². The Kier molecular flexibility index (Phi) is 16.6. The fourth-order valence-electron chi connectivity index (χ4n) is 6.67. The van der Waals surface area contributed by atoms with Crippen LogP contribution in [0.1, 0.15) is 71.9 Å². The Hall–Kier alpha value is -5.03. The summed E-state index contributed by atoms with van der Waals surface area (Å²) in [6, 6.07) is 37.2. The third-order valence-corrected chi connectivity index (χ3v) is 14.6. The molecule has 56 heavy (non-hydrogen) atoms. The maximum atomic E-state index is 13.3. The molecule has 3 N–H and O–H groups in total. The second kappa shape index (κ2) is 21.3. The van der Waals surface area contributed by atoms with Gasteiger partial charge in [0.25, 0.3) is 8.32 Å². The highest BCUT2D eigenvalue weighted by Crippen LogP contribution is 2.38. The van der Waals surface area contributed by atoms with Crippen LogP contribution in [0.2, 0.25) is 5.04 Å². The number of para-hydroxylation sites is 1. The Labute approximate surface area is 333 Å². The summed E-state index contributed by atoms with van der Waals surface area (Å²) in [6.07, 6.45) is 2.49. The van der Waals surface area contributed by atoms with E-state index in [9.17, 15) is 19.5 Å². The van der Waals surface area contributed by atoms with E-state index < -0.39 is 32.2 Å². The molecule has 0 heterocycles. The zero-order valence-corrected chi connectivity index (χ0v) is 34.6. The van der Waals surface area contributed by atoms with Gasteiger partial charge in [-0.3, -0.25) is 9.59 Å². The van der Waals surface area contributed by atoms with Crippen LogP contribution in [0.15, 0.2) is 121 Å². The van der Waals surface area contributed by atoms with E-state index >= 15 is 0 Å². The molecular weight excluding hydrogens is 721 g/mol. The number of carbonyl (C=O) groups excluding carboxylic acids is 2. The van der Waals surface area contributed by atoms with Crippen molar-refractivity contribution in [3.63, 3.8) is 0 Å². The first-order chi connectivity index (χ1) is 26.9. The van der Waals surface area contributed by atoms with Crippen molar-refractivity contribution in [2.45, 2.75) is 84.4 Å². The molecule has 4 rings (SSSR count). The number of hydrogen-bond donors (Lipinski definition) is 3. The molecule has 0 radical (unpaired) electrons. The predicted molar refractivity (Wildman–Crippen MR) is 225 cm³/mol. The summed E-state index contributed by atoms with van der Waals surface area (Å²) in [6.45, 7) is 13.9. The van der Waals surface area contributed by atoms with E-state index in [-0.39, 0.29) is 36.5 Å². The van der Waals surface area contributed by atoms with Crippen LogP contribution in [0.25, 0.3) is 5.76 Å². The van der Waals surface area contributed by atoms with E-state index in [2.05, 4.69) is 86.9 Å². The van der Waals surface area contributed by atoms with Crippen LogP contribution < -0.4 is 25.7 Å². The molecule has 9 nitrogen and oxygen atoms in total. The normalized spacial score (nSPS) is 13.2. The SMILES string of the molecule is CCCNCC(COc1ccccc1/C(=C/Cc1ccccc1)OC(=O)CCC(=O)NC(C(=O)O)C(C)C)O[Si](c1ccccc1)(c1ccccc1)C(C)(C)C. The van der Waals surface area contributed by atoms with Crippen molar-refractivity contribution in [3.8, 4) is 5.75 Å². The van der Waals surface area contributed by atoms with E-state index in [4.69, 9.17) is 13.9 Å². The molecule has 0 spiro atoms. The van der Waals surface area contributed by atoms with Crippen LogP contribution in [0, 0.1) is 5.92 Å². The lowest BCUT2D eigenvalue weighted by molar-refractivity contribution is -0.143. The summed E-state index contributed by atoms with van der Waals surface area (Å²) in [5.41, 5.74) is 1.60. The highest BCUT2D eigenvalue weighted by molar-refractivity contribution is 6.99. The first kappa shape index (κ1) is 43.7. The number of aliphatic carboxylic acids is 1. The Morgan fingerprint density at radius 2 is 1.38 bits per heavy atom. The van der Waals surface area contributed by atoms with Gasteiger partial charge in [0.1, 0.15) is 24.2 Å². The van der Waals surface area contributed by atoms with Crippen molar-refractivity contribution in [1.29, 1.82) is 0 Å². The van der Waals surface area contributed by atoms with E-state index in [0.717, 1.165) is 18.5 Å². The average molecular weight is 779 g/mol. The fourth-order valence-corrected chi connectivity index (χ4v) is 11.3. The molecule has 10 heteroatoms. The quantitative estimate of drug-likeness (QED) is 0.0353. The van der Waals surface area contributed by atoms with Gasteiger partial charge >= 0.3 is 11.9 Å². The lowest BCUT2D eigenvalue weighted by Gasteiger charge is -2.45. The molecule has 0 aliphatic carbocycles. The Morgan fingerprint density at radius 3 is 1.93 bits per heavy atom. The van der Waals surface area contributed by atoms with Gasteiger partial charge in [-0.2, -0.15) is 0 Å². The molecule has 298 valence electrons. The van der Waals surface area contributed by atoms with E-state index in [0.29, 0.717) is 30.0 Å². The minimum Gasteiger partial charge on any atom is -0.490 e. The number of amides is 1. The number of esters is 1. The van der Waals surface area contributed by atoms with E-state index in [1.54, 1.807) is 13.8 Å². The van der Waals surface area contributed by atoms with Gasteiger partial charge < -0.3 is 29.6 Å². The summed E-state index contributed by atoms with van der Waals surface area (Å²) in [4.78, 5) is 37.6. The number of hydrogen-bond acceptors (Lipinski definition) is 7. The Balaban J connectivity index is 1.64. The zero-order valence-electron chi connectivity index (χ0n) is 33.6. The highest BCUT2D eigenvalue weighted by atomic mass is 28.4. The van der Waals surface area contributed by atoms with Crippen molar-refractivity contribution in [3.05, 3.63) is 132 Å². The molecule has 0 aliphatic rings. The molecule has 0 fully saturated rings. The first-order valence-electron chi connectivity index (χ1n) is 19.5. The van der Waals surface area contributed by atoms with Gasteiger partial charge in [0.2, 0.25) is 5.91 Å². The topological polar surface area (TPSA) is 123 Å². The number of rotatable bonds is 21. The molecular formula is C46H58N2O7Si. The molecule has 1 amide bonds. The van der Waals surface area contributed by atoms with Gasteiger partial charge in [-0.25, -0.2) is 4.79 Å². The van der Waals surface area contributed by atoms with E-state index in [1.807, 2.05) is 72.8 Å². The zero-order chi connectivity index (χ0) is 40.6. The summed E-state index contributed by atoms with van der Waals surface area (Å²) in [7, 11) is -2.93. The van der Waals surface area contributed by atoms with Crippen molar-refractivity contribution in [2.75, 3.05) is 19.7 Å². The molecule has 0 bridgehead atoms. The predicted octanol–water partition coefficient (Wildman–Crippen LogP) is 7.14. The van der Waals surface area contributed by atoms with Crippen molar-refractivity contribution in [2.24, 2.45) is 5.92 Å². The lowest BCUT2D eigenvalue weighted by atomic mass is 10.0. The van der Waals surface area contributed by atoms with Crippen molar-refractivity contribution < 1.29 is 33.4 Å². The average Bonchev–Trinajstić information content (AvgIpc) is 3.19. The second-order valence-corrected chi connectivity index (χ2v) is 19.5. The van der Waals surface area contributed by atoms with Gasteiger partial charge in [0, 0.05) is 13.0 Å². The first-order valence-corrected chi connectivity index (χ1v) is 21.4. The third-order valence-electron chi connectivity index (χ3n) is 9.53. The number of carboxylic acids is 1. The summed E-state index contributed by atoms with van der Waals surface area (Å²) in [5.74, 6) is -1.78. The molecule has 2 unspecified atom stereocenters. The van der Waals surface area contributed by atoms with Crippen LogP contribution in [0.5, 0.6) is 5.75 Å². The van der Waals surface area contributed by atoms with Crippen LogP contribution in [0.3, 0.4) is 0 Å². The summed E-state index contributed by atoms with van der Waals surface area (Å²) in [5, 5.41) is 17.7. The van der Waals surface area contributed by atoms with Crippen molar-refractivity contribution >= 4 is 42.3 Å². The number of carbonyl (C=O) groups is 3. The van der Waals surface area contributed by atoms with Gasteiger partial charge in [0.05, 0.1) is 18.1 Å². The Morgan fingerprint density at radius 1 is 0.804 bits per heavy atom. The number of nitrogens with one attached hydrogen (secondary N) is 2. The maximum Gasteiger partial charge on any atom is 0.326 e. The number of benzene rings is 4. The Bertz CT molecular complexity index is 1820. The summed E-state index contributed by atoms with van der Waals surface area (Å²) >= 11 is 0. The number of carboxylic acid groups (broad SMARTS) is 1. The van der Waals surface area contributed by atoms with Crippen LogP contribution in [0.4, 0.5) is 0 Å². The molecule has 0 saturated heterocycles. The standard InChI is InChI=1S/C46H58N2O7Si/c1-7-31-47-32-36(55-56(46(4,5)6,37-21-13-9-14-22-37)38-23-15-10-16-24-38)33-53-40-26-18-17-25-39(40)41(28-27-35-19-11-8-12-20-35)54-43(50)30-29-42(49)48-44(34(2)3)45(51)52/h8-26,28,34,36,44,47H,7,27,29-33H2,1-6H3,(H,48,49)(H,51,52)/b41-28-. The van der Waals surface area contributed by atoms with Gasteiger partial charge in [-0.05, 0) is 64.5 Å². The summed E-state index contributed by atoms with van der Waals surface area (Å²) < 4.78 is 20.2. The molecule has 0 aliphatic heterocycles. The van der Waals surface area contributed by atoms with Crippen molar-refractivity contribution in [1.82, 2.24) is 10.6 Å². The molecule has 0 saturated carbocycles. The molecule has 0 aromatic heterocycles. The van der Waals surface area contributed by atoms with Gasteiger partial charge in [-0.1, -0.05) is 145 Å². The minimum absolute atomic E-state index is 0.217. The highest BCUT2D eigenvalue weighted by Gasteiger charge is 2.51. The minimum atomic E-state index is -2.93. The van der Waals surface area contributed by atoms with Gasteiger partial charge in [0.15, 0.2) is 0 Å². The molecule has 4 aromatic carbocycles. The van der Waals surface area contributed by atoms with Crippen LogP contribution >= 0.6 is 0 Å². The molecule has 2 atom stereocenters. The molecule has 4 aromatic rings. The number of allylic oxidation sites excluding steroid dienone is 1. The lowest BCUT2D eigenvalue weighted by Crippen LogP contribution is -2.68. The second-order valence-electron chi connectivity index (χ2n) is 15.3. The largest absolute Gasteiger partial charge is 0.490 e. The van der Waals surface area contributed by atoms with Crippen LogP contribution in [-0.2, 0) is 30.0 Å². The van der Waals surface area contributed by atoms with E-state index in [1.165, 1.54) is 10.4 Å². The monoisotopic (exact) mass is 778 g/mol.